The van der Waals surface area contributed by atoms with Gasteiger partial charge < -0.3 is 0 Å². The van der Waals surface area contributed by atoms with E-state index in [4.69, 9.17) is 0 Å². The minimum Gasteiger partial charge on any atom is -0.293 e. The van der Waals surface area contributed by atoms with E-state index in [9.17, 15) is 31.1 Å². The van der Waals surface area contributed by atoms with Gasteiger partial charge in [0.2, 0.25) is 5.92 Å². The van der Waals surface area contributed by atoms with Crippen LogP contribution in [0.15, 0.2) is 24.3 Å². The summed E-state index contributed by atoms with van der Waals surface area (Å²) in [7, 11) is 0. The fourth-order valence-corrected chi connectivity index (χ4v) is 1.37. The molecule has 0 radical (unpaired) electrons. The van der Waals surface area contributed by atoms with E-state index in [-0.39, 0.29) is 0 Å². The molecule has 1 aromatic carbocycles. The van der Waals surface area contributed by atoms with Crippen molar-refractivity contribution >= 4 is 5.78 Å². The third kappa shape index (κ3) is 3.24. The van der Waals surface area contributed by atoms with Crippen molar-refractivity contribution in [2.45, 2.75) is 19.3 Å². The van der Waals surface area contributed by atoms with Crippen molar-refractivity contribution in [2.75, 3.05) is 0 Å². The number of ketones is 1. The highest BCUT2D eigenvalue weighted by atomic mass is 19.4. The number of Topliss-reactive ketones (excluding diaryl/α,β-unsaturated/α-hetero) is 1. The fourth-order valence-electron chi connectivity index (χ4n) is 1.37. The zero-order chi connectivity index (χ0) is 14.1. The maximum atomic E-state index is 12.3. The molecule has 1 aromatic rings. The predicted molar refractivity (Wildman–Crippen MR) is 51.1 cm³/mol. The highest BCUT2D eigenvalue weighted by molar-refractivity contribution is 5.98. The second kappa shape index (κ2) is 4.62. The first kappa shape index (κ1) is 14.5. The van der Waals surface area contributed by atoms with Gasteiger partial charge in [0.25, 0.3) is 0 Å². The summed E-state index contributed by atoms with van der Waals surface area (Å²) in [6.45, 7) is 1.60. The summed E-state index contributed by atoms with van der Waals surface area (Å²) in [6, 6.07) is 4.44. The van der Waals surface area contributed by atoms with Crippen molar-refractivity contribution in [3.63, 3.8) is 0 Å². The van der Waals surface area contributed by atoms with E-state index in [1.807, 2.05) is 0 Å². The molecule has 0 aliphatic heterocycles. The molecule has 0 aromatic heterocycles. The zero-order valence-corrected chi connectivity index (χ0v) is 9.06. The first-order chi connectivity index (χ1) is 8.03. The van der Waals surface area contributed by atoms with Crippen molar-refractivity contribution in [1.29, 1.82) is 0 Å². The summed E-state index contributed by atoms with van der Waals surface area (Å²) in [4.78, 5) is 11.3. The van der Waals surface area contributed by atoms with E-state index in [0.717, 1.165) is 12.1 Å². The molecule has 100 valence electrons. The lowest BCUT2D eigenvalue weighted by Crippen LogP contribution is -2.42. The molecule has 0 saturated heterocycles. The van der Waals surface area contributed by atoms with Gasteiger partial charge in [0, 0.05) is 5.56 Å². The molecule has 0 aliphatic rings. The Morgan fingerprint density at radius 1 is 0.944 bits per heavy atom. The molecule has 0 heterocycles. The van der Waals surface area contributed by atoms with Gasteiger partial charge in [-0.2, -0.15) is 26.3 Å². The largest absolute Gasteiger partial charge is 0.407 e. The van der Waals surface area contributed by atoms with Gasteiger partial charge in [-0.05, 0) is 6.92 Å². The Hall–Kier alpha value is -1.53. The van der Waals surface area contributed by atoms with Gasteiger partial charge >= 0.3 is 12.4 Å². The molecule has 0 spiro atoms. The number of halogens is 6. The van der Waals surface area contributed by atoms with E-state index in [0.29, 0.717) is 5.56 Å². The average molecular weight is 270 g/mol. The normalized spacial score (nSPS) is 12.9. The minimum absolute atomic E-state index is 0.611. The van der Waals surface area contributed by atoms with Crippen molar-refractivity contribution in [2.24, 2.45) is 5.92 Å². The highest BCUT2D eigenvalue weighted by Gasteiger charge is 2.60. The second-order valence-corrected chi connectivity index (χ2v) is 3.75. The minimum atomic E-state index is -5.65. The number of aryl methyl sites for hydroxylation is 1. The molecule has 0 saturated carbocycles. The molecule has 18 heavy (non-hydrogen) atoms. The third-order valence-corrected chi connectivity index (χ3v) is 2.25. The Labute approximate surface area is 98.4 Å². The summed E-state index contributed by atoms with van der Waals surface area (Å²) >= 11 is 0. The van der Waals surface area contributed by atoms with Crippen molar-refractivity contribution in [3.8, 4) is 0 Å². The topological polar surface area (TPSA) is 17.1 Å². The second-order valence-electron chi connectivity index (χ2n) is 3.75. The number of carbonyl (C=O) groups is 1. The van der Waals surface area contributed by atoms with Gasteiger partial charge in [-0.3, -0.25) is 4.79 Å². The lowest BCUT2D eigenvalue weighted by atomic mass is 9.96. The molecule has 0 atom stereocenters. The predicted octanol–water partition coefficient (Wildman–Crippen LogP) is 3.92. The van der Waals surface area contributed by atoms with Crippen LogP contribution in [-0.4, -0.2) is 18.1 Å². The molecule has 0 unspecified atom stereocenters. The zero-order valence-electron chi connectivity index (χ0n) is 9.06. The van der Waals surface area contributed by atoms with E-state index >= 15 is 0 Å². The molecule has 1 nitrogen and oxygen atoms in total. The van der Waals surface area contributed by atoms with Gasteiger partial charge in [-0.15, -0.1) is 0 Å². The van der Waals surface area contributed by atoms with Crippen molar-refractivity contribution in [1.82, 2.24) is 0 Å². The molecule has 0 amide bonds. The van der Waals surface area contributed by atoms with Gasteiger partial charge in [-0.25, -0.2) is 0 Å². The Kier molecular flexibility index (Phi) is 3.73. The number of rotatable bonds is 2. The first-order valence-corrected chi connectivity index (χ1v) is 4.78. The van der Waals surface area contributed by atoms with Gasteiger partial charge in [-0.1, -0.05) is 29.8 Å². The number of hydrogen-bond acceptors (Lipinski definition) is 1. The van der Waals surface area contributed by atoms with Crippen LogP contribution >= 0.6 is 0 Å². The van der Waals surface area contributed by atoms with Crippen molar-refractivity contribution in [3.05, 3.63) is 35.4 Å². The highest BCUT2D eigenvalue weighted by Crippen LogP contribution is 2.41. The Bertz CT molecular complexity index is 414. The Morgan fingerprint density at radius 3 is 1.67 bits per heavy atom. The maximum absolute atomic E-state index is 12.3. The third-order valence-electron chi connectivity index (χ3n) is 2.25. The fraction of sp³-hybridized carbons (Fsp3) is 0.364. The Morgan fingerprint density at radius 2 is 1.33 bits per heavy atom. The molecule has 1 rings (SSSR count). The standard InChI is InChI=1S/C11H8F6O/c1-6-2-4-7(5-3-6)8(18)9(10(12,13)14)11(15,16)17/h2-5,9H,1H3. The van der Waals surface area contributed by atoms with Gasteiger partial charge in [0.15, 0.2) is 5.78 Å². The van der Waals surface area contributed by atoms with Crippen LogP contribution in [0.2, 0.25) is 0 Å². The molecular formula is C11H8F6O. The Balaban J connectivity index is 3.16. The monoisotopic (exact) mass is 270 g/mol. The number of benzene rings is 1. The lowest BCUT2D eigenvalue weighted by molar-refractivity contribution is -0.264. The molecule has 7 heteroatoms. The summed E-state index contributed by atoms with van der Waals surface area (Å²) in [5, 5.41) is 0. The number of carbonyl (C=O) groups excluding carboxylic acids is 1. The van der Waals surface area contributed by atoms with Crippen LogP contribution in [0.3, 0.4) is 0 Å². The van der Waals surface area contributed by atoms with Crippen LogP contribution in [0.4, 0.5) is 26.3 Å². The van der Waals surface area contributed by atoms with Crippen LogP contribution in [0.1, 0.15) is 15.9 Å². The molecule has 0 fully saturated rings. The summed E-state index contributed by atoms with van der Waals surface area (Å²) in [5.41, 5.74) is 0.0161. The molecule has 0 aliphatic carbocycles. The van der Waals surface area contributed by atoms with Crippen LogP contribution < -0.4 is 0 Å². The summed E-state index contributed by atoms with van der Waals surface area (Å²) in [6.07, 6.45) is -11.3. The van der Waals surface area contributed by atoms with Crippen molar-refractivity contribution < 1.29 is 31.1 Å². The molecule has 0 N–H and O–H groups in total. The van der Waals surface area contributed by atoms with E-state index in [1.165, 1.54) is 12.1 Å². The van der Waals surface area contributed by atoms with Crippen LogP contribution in [0.5, 0.6) is 0 Å². The van der Waals surface area contributed by atoms with Crippen LogP contribution in [-0.2, 0) is 0 Å². The van der Waals surface area contributed by atoms with E-state index in [1.54, 1.807) is 6.92 Å². The maximum Gasteiger partial charge on any atom is 0.407 e. The summed E-state index contributed by atoms with van der Waals surface area (Å²) < 4.78 is 73.7. The average Bonchev–Trinajstić information content (AvgIpc) is 2.13. The first-order valence-electron chi connectivity index (χ1n) is 4.78. The van der Waals surface area contributed by atoms with Crippen LogP contribution in [0, 0.1) is 12.8 Å². The van der Waals surface area contributed by atoms with E-state index < -0.39 is 29.6 Å². The van der Waals surface area contributed by atoms with Gasteiger partial charge in [0.1, 0.15) is 0 Å². The van der Waals surface area contributed by atoms with Crippen LogP contribution in [0.25, 0.3) is 0 Å². The van der Waals surface area contributed by atoms with Gasteiger partial charge in [0.05, 0.1) is 0 Å². The molecular weight excluding hydrogens is 262 g/mol. The van der Waals surface area contributed by atoms with E-state index in [2.05, 4.69) is 0 Å². The lowest BCUT2D eigenvalue weighted by Gasteiger charge is -2.21. The molecule has 0 bridgehead atoms. The SMILES string of the molecule is Cc1ccc(C(=O)C(C(F)(F)F)C(F)(F)F)cc1. The summed E-state index contributed by atoms with van der Waals surface area (Å²) in [5.74, 6) is -5.97. The number of alkyl halides is 6. The smallest absolute Gasteiger partial charge is 0.293 e. The number of hydrogen-bond donors (Lipinski definition) is 0. The quantitative estimate of drug-likeness (QED) is 0.588.